The second-order valence-electron chi connectivity index (χ2n) is 12.0. The number of aromatic nitrogens is 1. The van der Waals surface area contributed by atoms with Crippen molar-refractivity contribution in [2.45, 2.75) is 31.4 Å². The first-order valence-electron chi connectivity index (χ1n) is 14.6. The van der Waals surface area contributed by atoms with Crippen molar-refractivity contribution in [3.05, 3.63) is 100.0 Å². The van der Waals surface area contributed by atoms with Gasteiger partial charge in [0.25, 0.3) is 5.56 Å². The number of benzene rings is 2. The number of nitrogens with zero attached hydrogens (tertiary/aromatic N) is 4. The minimum absolute atomic E-state index is 0.00137. The molecule has 2 saturated heterocycles. The fourth-order valence-electron chi connectivity index (χ4n) is 6.98. The van der Waals surface area contributed by atoms with Crippen molar-refractivity contribution in [3.8, 4) is 5.75 Å². The number of amides is 4. The number of urea groups is 1. The van der Waals surface area contributed by atoms with Gasteiger partial charge in [-0.05, 0) is 48.1 Å². The largest absolute Gasteiger partial charge is 0.491 e. The Balaban J connectivity index is 1.23. The number of rotatable bonds is 8. The average molecular weight is 585 g/mol. The van der Waals surface area contributed by atoms with E-state index in [0.29, 0.717) is 25.4 Å². The van der Waals surface area contributed by atoms with E-state index in [-0.39, 0.29) is 37.0 Å². The zero-order valence-electron chi connectivity index (χ0n) is 24.4. The van der Waals surface area contributed by atoms with Gasteiger partial charge in [0, 0.05) is 58.0 Å². The molecule has 0 radical (unpaired) electrons. The SMILES string of the molecule is CN1C(=O)N(C)C(=O)C(Cc2ccc(OC[C@@H](O)c3ccccc3)cc2)(CN2C[C@H]3C[C@@H](C2)c2cccc(=O)n2C3)C1=O. The molecule has 6 rings (SSSR count). The van der Waals surface area contributed by atoms with E-state index >= 15 is 0 Å². The summed E-state index contributed by atoms with van der Waals surface area (Å²) in [4.78, 5) is 57.2. The summed E-state index contributed by atoms with van der Waals surface area (Å²) in [5, 5.41) is 10.4. The van der Waals surface area contributed by atoms with E-state index in [1.807, 2.05) is 53.1 Å². The Kier molecular flexibility index (Phi) is 7.66. The quantitative estimate of drug-likeness (QED) is 0.405. The van der Waals surface area contributed by atoms with E-state index < -0.39 is 29.4 Å². The predicted molar refractivity (Wildman–Crippen MR) is 158 cm³/mol. The molecule has 4 heterocycles. The summed E-state index contributed by atoms with van der Waals surface area (Å²) in [7, 11) is 2.84. The average Bonchev–Trinajstić information content (AvgIpc) is 3.02. The standard InChI is InChI=1S/C33H36N4O6/c1-34-30(40)33(31(41)35(2)32(34)42,21-36-17-23-15-25(19-36)27-9-6-10-29(39)37(27)18-23)16-22-11-13-26(14-12-22)43-20-28(38)24-7-4-3-5-8-24/h3-14,23,25,28,38H,15-21H2,1-2H3/t23-,25+,28-/m1/s1. The molecule has 3 aliphatic heterocycles. The fourth-order valence-corrected chi connectivity index (χ4v) is 6.98. The summed E-state index contributed by atoms with van der Waals surface area (Å²) >= 11 is 0. The molecule has 10 heteroatoms. The Hall–Kier alpha value is -4.28. The summed E-state index contributed by atoms with van der Waals surface area (Å²) in [5.74, 6) is -0.140. The Morgan fingerprint density at radius 1 is 0.860 bits per heavy atom. The molecule has 3 aromatic rings. The minimum Gasteiger partial charge on any atom is -0.491 e. The summed E-state index contributed by atoms with van der Waals surface area (Å²) in [6.07, 6.45) is 0.287. The van der Waals surface area contributed by atoms with Crippen molar-refractivity contribution in [3.63, 3.8) is 0 Å². The number of aliphatic hydroxyl groups is 1. The van der Waals surface area contributed by atoms with Gasteiger partial charge in [-0.15, -0.1) is 0 Å². The van der Waals surface area contributed by atoms with Crippen LogP contribution in [-0.4, -0.2) is 82.6 Å². The van der Waals surface area contributed by atoms with Crippen LogP contribution >= 0.6 is 0 Å². The van der Waals surface area contributed by atoms with Gasteiger partial charge < -0.3 is 19.3 Å². The van der Waals surface area contributed by atoms with Crippen LogP contribution in [0.15, 0.2) is 77.6 Å². The fraction of sp³-hybridized carbons (Fsp3) is 0.394. The number of carbonyl (C=O) groups excluding carboxylic acids is 3. The molecule has 2 bridgehead atoms. The van der Waals surface area contributed by atoms with Crippen LogP contribution in [0.4, 0.5) is 4.79 Å². The normalized spacial score (nSPS) is 22.3. The van der Waals surface area contributed by atoms with Gasteiger partial charge in [-0.25, -0.2) is 4.79 Å². The number of ether oxygens (including phenoxy) is 1. The molecule has 4 amide bonds. The van der Waals surface area contributed by atoms with Crippen LogP contribution in [0, 0.1) is 11.3 Å². The Bertz CT molecular complexity index is 1560. The maximum Gasteiger partial charge on any atom is 0.332 e. The van der Waals surface area contributed by atoms with Crippen molar-refractivity contribution >= 4 is 17.8 Å². The number of likely N-dealkylation sites (tertiary alicyclic amines) is 1. The van der Waals surface area contributed by atoms with E-state index in [2.05, 4.69) is 4.90 Å². The lowest BCUT2D eigenvalue weighted by atomic mass is 9.75. The lowest BCUT2D eigenvalue weighted by molar-refractivity contribution is -0.159. The zero-order valence-corrected chi connectivity index (χ0v) is 24.4. The second-order valence-corrected chi connectivity index (χ2v) is 12.0. The van der Waals surface area contributed by atoms with Crippen molar-refractivity contribution in [2.75, 3.05) is 40.3 Å². The molecule has 10 nitrogen and oxygen atoms in total. The van der Waals surface area contributed by atoms with Gasteiger partial charge in [-0.2, -0.15) is 0 Å². The molecular formula is C33H36N4O6. The lowest BCUT2D eigenvalue weighted by Gasteiger charge is -2.48. The van der Waals surface area contributed by atoms with Gasteiger partial charge in [-0.1, -0.05) is 48.5 Å². The molecule has 0 aliphatic carbocycles. The third-order valence-corrected chi connectivity index (χ3v) is 9.07. The Morgan fingerprint density at radius 3 is 2.26 bits per heavy atom. The number of barbiturate groups is 1. The predicted octanol–water partition coefficient (Wildman–Crippen LogP) is 2.66. The number of piperidine rings is 1. The molecule has 3 aliphatic rings. The molecule has 1 aromatic heterocycles. The third-order valence-electron chi connectivity index (χ3n) is 9.07. The first-order valence-corrected chi connectivity index (χ1v) is 14.6. The Morgan fingerprint density at radius 2 is 1.56 bits per heavy atom. The van der Waals surface area contributed by atoms with Crippen LogP contribution in [0.3, 0.4) is 0 Å². The molecule has 224 valence electrons. The van der Waals surface area contributed by atoms with E-state index in [9.17, 15) is 24.3 Å². The van der Waals surface area contributed by atoms with Crippen LogP contribution in [0.2, 0.25) is 0 Å². The molecular weight excluding hydrogens is 548 g/mol. The summed E-state index contributed by atoms with van der Waals surface area (Å²) in [5.41, 5.74) is 1.00. The highest BCUT2D eigenvalue weighted by Crippen LogP contribution is 2.39. The third kappa shape index (κ3) is 5.36. The molecule has 0 unspecified atom stereocenters. The van der Waals surface area contributed by atoms with Crippen molar-refractivity contribution in [2.24, 2.45) is 11.3 Å². The maximum absolute atomic E-state index is 13.9. The molecule has 43 heavy (non-hydrogen) atoms. The number of carbonyl (C=O) groups is 3. The minimum atomic E-state index is -1.49. The van der Waals surface area contributed by atoms with Crippen LogP contribution in [0.1, 0.15) is 35.3 Å². The van der Waals surface area contributed by atoms with E-state index in [1.165, 1.54) is 14.1 Å². The van der Waals surface area contributed by atoms with Crippen LogP contribution < -0.4 is 10.3 Å². The van der Waals surface area contributed by atoms with E-state index in [4.69, 9.17) is 4.74 Å². The first kappa shape index (κ1) is 28.8. The molecule has 0 saturated carbocycles. The van der Waals surface area contributed by atoms with Crippen molar-refractivity contribution in [1.29, 1.82) is 0 Å². The van der Waals surface area contributed by atoms with Crippen LogP contribution in [0.25, 0.3) is 0 Å². The second kappa shape index (κ2) is 11.4. The van der Waals surface area contributed by atoms with Gasteiger partial charge in [0.2, 0.25) is 11.8 Å². The summed E-state index contributed by atoms with van der Waals surface area (Å²) in [6.45, 7) is 2.11. The molecule has 1 N–H and O–H groups in total. The summed E-state index contributed by atoms with van der Waals surface area (Å²) in [6, 6.07) is 21.1. The number of aliphatic hydroxyl groups excluding tert-OH is 1. The number of hydrogen-bond donors (Lipinski definition) is 1. The van der Waals surface area contributed by atoms with Crippen molar-refractivity contribution in [1.82, 2.24) is 19.3 Å². The van der Waals surface area contributed by atoms with Gasteiger partial charge in [-0.3, -0.25) is 24.2 Å². The molecule has 2 fully saturated rings. The topological polar surface area (TPSA) is 112 Å². The summed E-state index contributed by atoms with van der Waals surface area (Å²) < 4.78 is 7.66. The van der Waals surface area contributed by atoms with E-state index in [0.717, 1.165) is 33.0 Å². The van der Waals surface area contributed by atoms with Crippen LogP contribution in [-0.2, 0) is 22.6 Å². The number of imide groups is 2. The van der Waals surface area contributed by atoms with Crippen LogP contribution in [0.5, 0.6) is 5.75 Å². The highest BCUT2D eigenvalue weighted by atomic mass is 16.5. The highest BCUT2D eigenvalue weighted by Gasteiger charge is 2.56. The van der Waals surface area contributed by atoms with Gasteiger partial charge in [0.1, 0.15) is 23.9 Å². The maximum atomic E-state index is 13.9. The number of hydrogen-bond acceptors (Lipinski definition) is 7. The van der Waals surface area contributed by atoms with Gasteiger partial charge in [0.05, 0.1) is 0 Å². The number of fused-ring (bicyclic) bond motifs is 4. The van der Waals surface area contributed by atoms with E-state index in [1.54, 1.807) is 24.3 Å². The van der Waals surface area contributed by atoms with Gasteiger partial charge in [0.15, 0.2) is 0 Å². The molecule has 0 spiro atoms. The highest BCUT2D eigenvalue weighted by molar-refractivity contribution is 6.19. The Labute approximate surface area is 250 Å². The smallest absolute Gasteiger partial charge is 0.332 e. The zero-order chi connectivity index (χ0) is 30.3. The molecule has 3 atom stereocenters. The number of pyridine rings is 1. The first-order chi connectivity index (χ1) is 20.7. The lowest BCUT2D eigenvalue weighted by Crippen LogP contribution is -2.67. The molecule has 2 aromatic carbocycles. The van der Waals surface area contributed by atoms with Crippen molar-refractivity contribution < 1.29 is 24.2 Å². The monoisotopic (exact) mass is 584 g/mol. The van der Waals surface area contributed by atoms with Gasteiger partial charge >= 0.3 is 6.03 Å².